The van der Waals surface area contributed by atoms with Crippen LogP contribution >= 0.6 is 0 Å². The number of benzene rings is 4. The van der Waals surface area contributed by atoms with E-state index in [2.05, 4.69) is 12.1 Å². The van der Waals surface area contributed by atoms with Gasteiger partial charge in [0.05, 0.1) is 5.48 Å². The van der Waals surface area contributed by atoms with Gasteiger partial charge in [0, 0.05) is 10.8 Å². The van der Waals surface area contributed by atoms with E-state index in [1.807, 2.05) is 55.5 Å². The Labute approximate surface area is 164 Å². The molecule has 0 bridgehead atoms. The first-order chi connectivity index (χ1) is 14.9. The Bertz CT molecular complexity index is 1470. The fourth-order valence-electron chi connectivity index (χ4n) is 3.77. The van der Waals surface area contributed by atoms with Crippen molar-refractivity contribution in [1.29, 1.82) is 0 Å². The smallest absolute Gasteiger partial charge is 0.136 e. The van der Waals surface area contributed by atoms with Gasteiger partial charge in [0.2, 0.25) is 0 Å². The molecule has 1 aromatic heterocycles. The third-order valence-corrected chi connectivity index (χ3v) is 5.05. The molecule has 0 aliphatic carbocycles. The summed E-state index contributed by atoms with van der Waals surface area (Å²) in [4.78, 5) is 0. The number of para-hydroxylation sites is 1. The van der Waals surface area contributed by atoms with Crippen LogP contribution < -0.4 is 0 Å². The van der Waals surface area contributed by atoms with Gasteiger partial charge < -0.3 is 4.42 Å². The molecular weight excluding hydrogens is 328 g/mol. The summed E-state index contributed by atoms with van der Waals surface area (Å²) in [5.74, 6) is 0. The lowest BCUT2D eigenvalue weighted by atomic mass is 9.90. The molecule has 130 valence electrons. The van der Waals surface area contributed by atoms with E-state index >= 15 is 0 Å². The van der Waals surface area contributed by atoms with E-state index in [4.69, 9.17) is 9.90 Å². The Kier molecular flexibility index (Phi) is 2.76. The average molecular weight is 352 g/mol. The maximum absolute atomic E-state index is 8.56. The Morgan fingerprint density at radius 3 is 2.41 bits per heavy atom. The monoisotopic (exact) mass is 352 g/mol. The van der Waals surface area contributed by atoms with E-state index in [1.165, 1.54) is 0 Å². The summed E-state index contributed by atoms with van der Waals surface area (Å²) in [7, 11) is 0. The van der Waals surface area contributed by atoms with Crippen molar-refractivity contribution in [1.82, 2.24) is 0 Å². The van der Waals surface area contributed by atoms with Crippen molar-refractivity contribution in [2.75, 3.05) is 0 Å². The summed E-state index contributed by atoms with van der Waals surface area (Å²) >= 11 is 0. The lowest BCUT2D eigenvalue weighted by molar-refractivity contribution is 0.669. The summed E-state index contributed by atoms with van der Waals surface area (Å²) in [6.45, 7) is 3.65. The molecular formula is C26H20O. The molecule has 0 amide bonds. The first-order valence-corrected chi connectivity index (χ1v) is 8.97. The van der Waals surface area contributed by atoms with Crippen LogP contribution in [0.5, 0.6) is 0 Å². The molecule has 0 radical (unpaired) electrons. The minimum atomic E-state index is -0.142. The number of fused-ring (bicyclic) bond motifs is 3. The van der Waals surface area contributed by atoms with E-state index in [0.29, 0.717) is 11.1 Å². The van der Waals surface area contributed by atoms with Crippen molar-refractivity contribution in [3.05, 3.63) is 96.0 Å². The van der Waals surface area contributed by atoms with Crippen LogP contribution in [-0.2, 0) is 0 Å². The molecule has 1 heteroatoms. The van der Waals surface area contributed by atoms with Gasteiger partial charge in [-0.2, -0.15) is 0 Å². The molecule has 0 atom stereocenters. The van der Waals surface area contributed by atoms with Gasteiger partial charge in [-0.1, -0.05) is 78.3 Å². The van der Waals surface area contributed by atoms with Crippen molar-refractivity contribution < 1.29 is 9.90 Å². The first-order valence-electron chi connectivity index (χ1n) is 11.0. The second-order valence-corrected chi connectivity index (χ2v) is 6.76. The molecule has 0 spiro atoms. The molecule has 0 aliphatic heterocycles. The normalized spacial score (nSPS) is 13.4. The third kappa shape index (κ3) is 2.55. The van der Waals surface area contributed by atoms with E-state index in [0.717, 1.165) is 44.2 Å². The van der Waals surface area contributed by atoms with Crippen molar-refractivity contribution in [3.8, 4) is 22.3 Å². The van der Waals surface area contributed by atoms with Crippen LogP contribution in [-0.4, -0.2) is 0 Å². The number of furan rings is 1. The standard InChI is InChI=1S/C26H20O/c1-17-8-5-9-19(16-17)20-11-6-12-21(18(20)2)22-13-7-15-25-26(22)23-10-3-4-14-24(23)27-25/h3-16H,1-2H3/i5D,8D,9D,16D. The Morgan fingerprint density at radius 2 is 1.48 bits per heavy atom. The maximum Gasteiger partial charge on any atom is 0.136 e. The lowest BCUT2D eigenvalue weighted by Gasteiger charge is -2.13. The summed E-state index contributed by atoms with van der Waals surface area (Å²) in [6, 6.07) is 19.7. The second kappa shape index (κ2) is 6.14. The molecule has 0 saturated heterocycles. The van der Waals surface area contributed by atoms with Crippen molar-refractivity contribution in [2.45, 2.75) is 13.8 Å². The predicted molar refractivity (Wildman–Crippen MR) is 114 cm³/mol. The summed E-state index contributed by atoms with van der Waals surface area (Å²) in [5, 5.41) is 2.08. The molecule has 4 aromatic carbocycles. The van der Waals surface area contributed by atoms with Gasteiger partial charge in [0.25, 0.3) is 0 Å². The van der Waals surface area contributed by atoms with Crippen LogP contribution in [0.3, 0.4) is 0 Å². The maximum atomic E-state index is 8.56. The van der Waals surface area contributed by atoms with Crippen LogP contribution in [0.4, 0.5) is 0 Å². The van der Waals surface area contributed by atoms with Gasteiger partial charge in [-0.15, -0.1) is 0 Å². The van der Waals surface area contributed by atoms with Gasteiger partial charge in [-0.3, -0.25) is 0 Å². The topological polar surface area (TPSA) is 13.1 Å². The fraction of sp³-hybridized carbons (Fsp3) is 0.0769. The zero-order valence-corrected chi connectivity index (χ0v) is 15.2. The third-order valence-electron chi connectivity index (χ3n) is 5.05. The summed E-state index contributed by atoms with van der Waals surface area (Å²) in [6.07, 6.45) is 0. The van der Waals surface area contributed by atoms with Gasteiger partial charge in [0.15, 0.2) is 0 Å². The molecule has 27 heavy (non-hydrogen) atoms. The van der Waals surface area contributed by atoms with Crippen LogP contribution in [0.25, 0.3) is 44.2 Å². The molecule has 0 fully saturated rings. The minimum absolute atomic E-state index is 0.0535. The van der Waals surface area contributed by atoms with Crippen molar-refractivity contribution in [3.63, 3.8) is 0 Å². The van der Waals surface area contributed by atoms with E-state index in [1.54, 1.807) is 6.92 Å². The van der Waals surface area contributed by atoms with Crippen LogP contribution in [0.2, 0.25) is 0 Å². The molecule has 0 unspecified atom stereocenters. The summed E-state index contributed by atoms with van der Waals surface area (Å²) in [5.41, 5.74) is 6.17. The number of hydrogen-bond acceptors (Lipinski definition) is 1. The molecule has 0 N–H and O–H groups in total. The molecule has 5 rings (SSSR count). The number of rotatable bonds is 2. The highest BCUT2D eigenvalue weighted by Crippen LogP contribution is 2.39. The first kappa shape index (κ1) is 12.1. The van der Waals surface area contributed by atoms with Gasteiger partial charge in [0.1, 0.15) is 11.2 Å². The highest BCUT2D eigenvalue weighted by atomic mass is 16.3. The van der Waals surface area contributed by atoms with Crippen molar-refractivity contribution >= 4 is 21.9 Å². The fourth-order valence-corrected chi connectivity index (χ4v) is 3.77. The molecule has 5 aromatic rings. The summed E-state index contributed by atoms with van der Waals surface area (Å²) < 4.78 is 39.3. The zero-order chi connectivity index (χ0) is 21.9. The zero-order valence-electron chi connectivity index (χ0n) is 19.2. The Hall–Kier alpha value is -3.32. The highest BCUT2D eigenvalue weighted by molar-refractivity contribution is 6.12. The van der Waals surface area contributed by atoms with E-state index < -0.39 is 0 Å². The van der Waals surface area contributed by atoms with Crippen LogP contribution in [0, 0.1) is 13.8 Å². The van der Waals surface area contributed by atoms with E-state index in [9.17, 15) is 0 Å². The minimum Gasteiger partial charge on any atom is -0.456 e. The largest absolute Gasteiger partial charge is 0.456 e. The SMILES string of the molecule is [2H]c1c([2H])c(C)c([2H])c(-c2cccc(-c3cccc4oc5ccccc5c34)c2C)c1[2H]. The number of hydrogen-bond donors (Lipinski definition) is 0. The molecule has 0 aliphatic rings. The van der Waals surface area contributed by atoms with Crippen LogP contribution in [0.1, 0.15) is 16.6 Å². The molecule has 0 saturated carbocycles. The van der Waals surface area contributed by atoms with E-state index in [-0.39, 0.29) is 24.2 Å². The van der Waals surface area contributed by atoms with Gasteiger partial charge >= 0.3 is 0 Å². The van der Waals surface area contributed by atoms with Gasteiger partial charge in [-0.25, -0.2) is 0 Å². The Balaban J connectivity index is 1.83. The van der Waals surface area contributed by atoms with Crippen molar-refractivity contribution in [2.24, 2.45) is 0 Å². The second-order valence-electron chi connectivity index (χ2n) is 6.76. The lowest BCUT2D eigenvalue weighted by Crippen LogP contribution is -1.89. The quantitative estimate of drug-likeness (QED) is 0.320. The molecule has 1 nitrogen and oxygen atoms in total. The van der Waals surface area contributed by atoms with Crippen LogP contribution in [0.15, 0.2) is 89.3 Å². The predicted octanol–water partition coefficient (Wildman–Crippen LogP) is 7.54. The Morgan fingerprint density at radius 1 is 0.741 bits per heavy atom. The highest BCUT2D eigenvalue weighted by Gasteiger charge is 2.15. The molecule has 1 heterocycles. The van der Waals surface area contributed by atoms with Gasteiger partial charge in [-0.05, 0) is 53.8 Å². The average Bonchev–Trinajstić information content (AvgIpc) is 3.16.